The van der Waals surface area contributed by atoms with E-state index in [0.717, 1.165) is 0 Å². The van der Waals surface area contributed by atoms with Crippen LogP contribution in [0.1, 0.15) is 27.2 Å². The standard InChI is InChI=1S/C17H30BN2O4/c1-14(2)15(3)19-16(21)7-10-23-12-13-24-11-9-20(4)17(22)6-5-8-18/h5-6,8,14-15H,7,9-13H2,1-4H3,(H,19,21)/b6-5-. The minimum atomic E-state index is -0.127. The zero-order valence-corrected chi connectivity index (χ0v) is 15.3. The number of allylic oxidation sites excluding steroid dienone is 1. The molecule has 6 nitrogen and oxygen atoms in total. The zero-order chi connectivity index (χ0) is 18.4. The Morgan fingerprint density at radius 2 is 1.75 bits per heavy atom. The number of carbonyl (C=O) groups is 2. The topological polar surface area (TPSA) is 67.9 Å². The summed E-state index contributed by atoms with van der Waals surface area (Å²) in [6.45, 7) is 8.27. The summed E-state index contributed by atoms with van der Waals surface area (Å²) >= 11 is 0. The van der Waals surface area contributed by atoms with Gasteiger partial charge in [0, 0.05) is 12.5 Å². The molecule has 0 saturated carbocycles. The van der Waals surface area contributed by atoms with E-state index < -0.39 is 0 Å². The van der Waals surface area contributed by atoms with E-state index in [4.69, 9.17) is 17.0 Å². The van der Waals surface area contributed by atoms with Gasteiger partial charge in [0.25, 0.3) is 0 Å². The first-order chi connectivity index (χ1) is 11.4. The van der Waals surface area contributed by atoms with Crippen LogP contribution in [0, 0.1) is 5.92 Å². The van der Waals surface area contributed by atoms with Gasteiger partial charge in [0.05, 0.1) is 0 Å². The van der Waals surface area contributed by atoms with Crippen LogP contribution < -0.4 is 5.32 Å². The van der Waals surface area contributed by atoms with E-state index in [-0.39, 0.29) is 17.9 Å². The third-order valence-corrected chi connectivity index (χ3v) is 3.53. The van der Waals surface area contributed by atoms with Gasteiger partial charge < -0.3 is 5.32 Å². The molecule has 0 fully saturated rings. The minimum absolute atomic E-state index is 0.0000319. The monoisotopic (exact) mass is 337 g/mol. The molecule has 135 valence electrons. The third-order valence-electron chi connectivity index (χ3n) is 3.53. The summed E-state index contributed by atoms with van der Waals surface area (Å²) in [5, 5.41) is 2.92. The number of hydrogen-bond donors (Lipinski definition) is 1. The molecule has 0 aromatic heterocycles. The van der Waals surface area contributed by atoms with Gasteiger partial charge in [-0.05, 0) is 12.8 Å². The molecule has 0 aliphatic carbocycles. The molecule has 0 heterocycles. The van der Waals surface area contributed by atoms with Crippen molar-refractivity contribution < 1.29 is 19.1 Å². The summed E-state index contributed by atoms with van der Waals surface area (Å²) in [4.78, 5) is 24.7. The van der Waals surface area contributed by atoms with Crippen LogP contribution in [0.2, 0.25) is 0 Å². The second-order valence-electron chi connectivity index (χ2n) is 5.89. The number of ether oxygens (including phenoxy) is 2. The van der Waals surface area contributed by atoms with E-state index in [1.807, 2.05) is 6.92 Å². The second kappa shape index (κ2) is 13.9. The fourth-order valence-electron chi connectivity index (χ4n) is 1.56. The van der Waals surface area contributed by atoms with Crippen molar-refractivity contribution in [2.75, 3.05) is 40.0 Å². The van der Waals surface area contributed by atoms with Gasteiger partial charge in [-0.25, -0.2) is 0 Å². The number of amides is 2. The molecule has 1 unspecified atom stereocenters. The van der Waals surface area contributed by atoms with Crippen molar-refractivity contribution >= 4 is 25.3 Å². The molecule has 1 atom stereocenters. The minimum Gasteiger partial charge on any atom is -0.353 e. The number of rotatable bonds is 13. The average molecular weight is 337 g/mol. The Morgan fingerprint density at radius 3 is 2.33 bits per heavy atom. The molecule has 0 rings (SSSR count). The van der Waals surface area contributed by atoms with Crippen LogP contribution in [-0.2, 0) is 19.1 Å². The van der Waals surface area contributed by atoms with Gasteiger partial charge in [-0.1, -0.05) is 13.8 Å². The number of hydrogen-bond acceptors (Lipinski definition) is 4. The number of nitrogens with one attached hydrogen (secondary N) is 1. The molecule has 0 aromatic rings. The van der Waals surface area contributed by atoms with E-state index in [0.29, 0.717) is 45.3 Å². The molecular formula is C17H30BN2O4. The molecule has 24 heavy (non-hydrogen) atoms. The zero-order valence-electron chi connectivity index (χ0n) is 15.3. The van der Waals surface area contributed by atoms with Crippen molar-refractivity contribution in [3.05, 3.63) is 12.2 Å². The summed E-state index contributed by atoms with van der Waals surface area (Å²) in [5.74, 6) is 1.60. The molecule has 0 spiro atoms. The van der Waals surface area contributed by atoms with Crippen molar-refractivity contribution in [3.8, 4) is 0 Å². The summed E-state index contributed by atoms with van der Waals surface area (Å²) < 4.78 is 10.7. The van der Waals surface area contributed by atoms with Gasteiger partial charge in [0.15, 0.2) is 0 Å². The molecule has 0 aromatic carbocycles. The fraction of sp³-hybridized carbons (Fsp3) is 0.706. The van der Waals surface area contributed by atoms with Crippen LogP contribution >= 0.6 is 0 Å². The molecule has 7 heteroatoms. The predicted molar refractivity (Wildman–Crippen MR) is 97.3 cm³/mol. The van der Waals surface area contributed by atoms with Crippen LogP contribution in [-0.4, -0.2) is 76.2 Å². The first kappa shape index (κ1) is 22.5. The van der Waals surface area contributed by atoms with Crippen molar-refractivity contribution in [1.29, 1.82) is 0 Å². The summed E-state index contributed by atoms with van der Waals surface area (Å²) in [7, 11) is 6.86. The SMILES string of the molecule is [B]=C/C=C\C(=O)N(C)CCOCCOCCC(=O)NC(C)C(C)C. The Morgan fingerprint density at radius 1 is 1.12 bits per heavy atom. The van der Waals surface area contributed by atoms with Crippen LogP contribution in [0.3, 0.4) is 0 Å². The molecule has 1 N–H and O–H groups in total. The molecule has 0 aliphatic rings. The number of nitrogens with zero attached hydrogens (tertiary/aromatic N) is 1. The summed E-state index contributed by atoms with van der Waals surface area (Å²) in [6.07, 6.45) is 3.23. The third kappa shape index (κ3) is 12.0. The van der Waals surface area contributed by atoms with Gasteiger partial charge in [-0.3, -0.25) is 4.79 Å². The van der Waals surface area contributed by atoms with Crippen LogP contribution in [0.15, 0.2) is 12.2 Å². The van der Waals surface area contributed by atoms with E-state index in [1.54, 1.807) is 11.9 Å². The van der Waals surface area contributed by atoms with Gasteiger partial charge in [-0.15, -0.1) is 0 Å². The van der Waals surface area contributed by atoms with Crippen LogP contribution in [0.25, 0.3) is 0 Å². The van der Waals surface area contributed by atoms with Crippen molar-refractivity contribution in [2.45, 2.75) is 33.2 Å². The van der Waals surface area contributed by atoms with Crippen molar-refractivity contribution in [3.63, 3.8) is 0 Å². The maximum absolute atomic E-state index is 11.6. The maximum atomic E-state index is 11.6. The van der Waals surface area contributed by atoms with E-state index >= 15 is 0 Å². The predicted octanol–water partition coefficient (Wildman–Crippen LogP) is 0.556. The van der Waals surface area contributed by atoms with Crippen molar-refractivity contribution in [1.82, 2.24) is 10.2 Å². The quantitative estimate of drug-likeness (QED) is 0.303. The van der Waals surface area contributed by atoms with Crippen LogP contribution in [0.4, 0.5) is 0 Å². The molecular weight excluding hydrogens is 307 g/mol. The fourth-order valence-corrected chi connectivity index (χ4v) is 1.56. The number of carbonyl (C=O) groups excluding carboxylic acids is 2. The Kier molecular flexibility index (Phi) is 13.1. The Balaban J connectivity index is 3.54. The Labute approximate surface area is 146 Å². The second-order valence-corrected chi connectivity index (χ2v) is 5.89. The smallest absolute Gasteiger partial charge is 0.353 e. The van der Waals surface area contributed by atoms with Crippen molar-refractivity contribution in [2.24, 2.45) is 5.92 Å². The Bertz CT molecular complexity index is 413. The normalized spacial score (nSPS) is 12.3. The van der Waals surface area contributed by atoms with Gasteiger partial charge in [-0.2, -0.15) is 0 Å². The molecule has 0 aliphatic heterocycles. The first-order valence-corrected chi connectivity index (χ1v) is 8.30. The summed E-state index contributed by atoms with van der Waals surface area (Å²) in [5.41, 5.74) is 0. The van der Waals surface area contributed by atoms with Gasteiger partial charge in [0.1, 0.15) is 0 Å². The van der Waals surface area contributed by atoms with E-state index in [1.165, 1.54) is 18.1 Å². The number of likely N-dealkylation sites (N-methyl/N-ethyl adjacent to an activating group) is 1. The summed E-state index contributed by atoms with van der Waals surface area (Å²) in [6, 6.07) is 0.165. The average Bonchev–Trinajstić information content (AvgIpc) is 2.54. The van der Waals surface area contributed by atoms with Gasteiger partial charge in [0.2, 0.25) is 5.91 Å². The van der Waals surface area contributed by atoms with E-state index in [2.05, 4.69) is 19.2 Å². The molecule has 0 saturated heterocycles. The molecule has 1 radical (unpaired) electrons. The molecule has 0 bridgehead atoms. The first-order valence-electron chi connectivity index (χ1n) is 8.30. The van der Waals surface area contributed by atoms with E-state index in [9.17, 15) is 9.59 Å². The van der Waals surface area contributed by atoms with Crippen LogP contribution in [0.5, 0.6) is 0 Å². The Hall–Kier alpha value is -1.47. The molecule has 2 amide bonds. The van der Waals surface area contributed by atoms with Gasteiger partial charge >= 0.3 is 90.7 Å².